The third kappa shape index (κ3) is 3.11. The third-order valence-electron chi connectivity index (χ3n) is 3.92. The molecule has 0 unspecified atom stereocenters. The molecule has 0 N–H and O–H groups in total. The van der Waals surface area contributed by atoms with Crippen molar-refractivity contribution in [3.05, 3.63) is 11.8 Å². The van der Waals surface area contributed by atoms with Crippen LogP contribution in [0.15, 0.2) is 11.8 Å². The summed E-state index contributed by atoms with van der Waals surface area (Å²) in [5.74, 6) is 0.258. The summed E-state index contributed by atoms with van der Waals surface area (Å²) in [6, 6.07) is 0. The summed E-state index contributed by atoms with van der Waals surface area (Å²) in [5, 5.41) is 0. The highest BCUT2D eigenvalue weighted by molar-refractivity contribution is 6.53. The monoisotopic (exact) mass is 242 g/mol. The van der Waals surface area contributed by atoms with Gasteiger partial charge in [0, 0.05) is 0 Å². The van der Waals surface area contributed by atoms with Crippen LogP contribution in [-0.2, 0) is 9.31 Å². The molecule has 2 nitrogen and oxygen atoms in total. The summed E-state index contributed by atoms with van der Waals surface area (Å²) in [6.07, 6.45) is 3.51. The molecule has 0 spiro atoms. The Hall–Kier alpha value is -0.345. The van der Waals surface area contributed by atoms with Gasteiger partial charge in [-0.25, -0.2) is 4.39 Å². The van der Waals surface area contributed by atoms with Gasteiger partial charge in [-0.1, -0.05) is 19.9 Å². The Balaban J connectivity index is 2.77. The SMILES string of the molecule is CCC(C=C(F)B1OC(C)(C)C(C)(C)O1)CC. The van der Waals surface area contributed by atoms with Crippen LogP contribution in [0.4, 0.5) is 4.39 Å². The van der Waals surface area contributed by atoms with E-state index < -0.39 is 18.3 Å². The number of rotatable bonds is 4. The molecule has 1 rings (SSSR count). The number of hydrogen-bond donors (Lipinski definition) is 0. The maximum atomic E-state index is 14.0. The molecule has 0 aromatic rings. The van der Waals surface area contributed by atoms with E-state index >= 15 is 0 Å². The molecule has 4 heteroatoms. The van der Waals surface area contributed by atoms with Crippen LogP contribution in [-0.4, -0.2) is 18.3 Å². The molecule has 1 fully saturated rings. The molecular weight excluding hydrogens is 218 g/mol. The fourth-order valence-corrected chi connectivity index (χ4v) is 1.78. The van der Waals surface area contributed by atoms with Crippen molar-refractivity contribution in [2.75, 3.05) is 0 Å². The molecule has 0 amide bonds. The highest BCUT2D eigenvalue weighted by Gasteiger charge is 2.53. The molecule has 0 bridgehead atoms. The Kier molecular flexibility index (Phi) is 4.42. The van der Waals surface area contributed by atoms with Gasteiger partial charge in [0.2, 0.25) is 0 Å². The molecular formula is C13H24BFO2. The van der Waals surface area contributed by atoms with Crippen LogP contribution in [0.1, 0.15) is 54.4 Å². The first kappa shape index (κ1) is 14.7. The van der Waals surface area contributed by atoms with Gasteiger partial charge >= 0.3 is 7.12 Å². The van der Waals surface area contributed by atoms with E-state index in [1.165, 1.54) is 0 Å². The van der Waals surface area contributed by atoms with Gasteiger partial charge in [-0.3, -0.25) is 0 Å². The van der Waals surface area contributed by atoms with E-state index in [9.17, 15) is 4.39 Å². The summed E-state index contributed by atoms with van der Waals surface area (Å²) in [6.45, 7) is 11.8. The van der Waals surface area contributed by atoms with Crippen LogP contribution in [0, 0.1) is 5.92 Å². The van der Waals surface area contributed by atoms with Crippen molar-refractivity contribution in [2.45, 2.75) is 65.6 Å². The second kappa shape index (κ2) is 5.11. The summed E-state index contributed by atoms with van der Waals surface area (Å²) in [5.41, 5.74) is -1.24. The molecule has 0 aromatic carbocycles. The smallest absolute Gasteiger partial charge is 0.398 e. The Morgan fingerprint density at radius 2 is 1.53 bits per heavy atom. The quantitative estimate of drug-likeness (QED) is 0.696. The molecule has 1 aliphatic heterocycles. The minimum Gasteiger partial charge on any atom is -0.398 e. The van der Waals surface area contributed by atoms with Gasteiger partial charge in [0.15, 0.2) is 0 Å². The summed E-state index contributed by atoms with van der Waals surface area (Å²) < 4.78 is 25.3. The molecule has 1 saturated heterocycles. The van der Waals surface area contributed by atoms with Crippen molar-refractivity contribution >= 4 is 7.12 Å². The predicted molar refractivity (Wildman–Crippen MR) is 69.3 cm³/mol. The third-order valence-corrected chi connectivity index (χ3v) is 3.92. The average molecular weight is 242 g/mol. The van der Waals surface area contributed by atoms with Crippen LogP contribution in [0.2, 0.25) is 0 Å². The molecule has 1 aliphatic rings. The maximum Gasteiger partial charge on any atom is 0.524 e. The predicted octanol–water partition coefficient (Wildman–Crippen LogP) is 3.91. The summed E-state index contributed by atoms with van der Waals surface area (Å²) in [4.78, 5) is 0. The lowest BCUT2D eigenvalue weighted by molar-refractivity contribution is 0.00578. The van der Waals surface area contributed by atoms with E-state index in [0.717, 1.165) is 12.8 Å². The molecule has 0 atom stereocenters. The second-order valence-electron chi connectivity index (χ2n) is 5.72. The van der Waals surface area contributed by atoms with Crippen molar-refractivity contribution in [3.63, 3.8) is 0 Å². The normalized spacial score (nSPS) is 23.5. The van der Waals surface area contributed by atoms with E-state index in [2.05, 4.69) is 13.8 Å². The average Bonchev–Trinajstić information content (AvgIpc) is 2.44. The highest BCUT2D eigenvalue weighted by atomic mass is 19.1. The van der Waals surface area contributed by atoms with E-state index in [-0.39, 0.29) is 11.6 Å². The fraction of sp³-hybridized carbons (Fsp3) is 0.846. The number of hydrogen-bond acceptors (Lipinski definition) is 2. The molecule has 1 heterocycles. The largest absolute Gasteiger partial charge is 0.524 e. The zero-order valence-electron chi connectivity index (χ0n) is 11.8. The van der Waals surface area contributed by atoms with Crippen LogP contribution in [0.25, 0.3) is 0 Å². The zero-order valence-corrected chi connectivity index (χ0v) is 11.8. The van der Waals surface area contributed by atoms with Crippen molar-refractivity contribution in [1.29, 1.82) is 0 Å². The van der Waals surface area contributed by atoms with E-state index in [4.69, 9.17) is 9.31 Å². The zero-order chi connectivity index (χ0) is 13.3. The van der Waals surface area contributed by atoms with Crippen molar-refractivity contribution < 1.29 is 13.7 Å². The van der Waals surface area contributed by atoms with Crippen molar-refractivity contribution in [3.8, 4) is 0 Å². The molecule has 0 radical (unpaired) electrons. The summed E-state index contributed by atoms with van der Waals surface area (Å²) in [7, 11) is -0.847. The standard InChI is InChI=1S/C13H24BFO2/c1-7-10(8-2)9-11(15)14-16-12(3,4)13(5,6)17-14/h9-10H,7-8H2,1-6H3. The Bertz CT molecular complexity index is 280. The maximum absolute atomic E-state index is 14.0. The lowest BCUT2D eigenvalue weighted by Gasteiger charge is -2.32. The van der Waals surface area contributed by atoms with Crippen LogP contribution in [0.5, 0.6) is 0 Å². The first-order valence-corrected chi connectivity index (χ1v) is 6.46. The Labute approximate surface area is 105 Å². The van der Waals surface area contributed by atoms with Gasteiger partial charge < -0.3 is 9.31 Å². The van der Waals surface area contributed by atoms with Gasteiger partial charge in [-0.2, -0.15) is 0 Å². The number of halogens is 1. The minimum absolute atomic E-state index is 0.258. The lowest BCUT2D eigenvalue weighted by atomic mass is 9.85. The Morgan fingerprint density at radius 3 is 1.88 bits per heavy atom. The van der Waals surface area contributed by atoms with Gasteiger partial charge in [0.1, 0.15) is 5.73 Å². The van der Waals surface area contributed by atoms with Crippen LogP contribution in [0.3, 0.4) is 0 Å². The topological polar surface area (TPSA) is 18.5 Å². The lowest BCUT2D eigenvalue weighted by Crippen LogP contribution is -2.41. The van der Waals surface area contributed by atoms with Gasteiger partial charge in [-0.05, 0) is 46.5 Å². The van der Waals surface area contributed by atoms with Gasteiger partial charge in [0.25, 0.3) is 0 Å². The van der Waals surface area contributed by atoms with E-state index in [1.54, 1.807) is 6.08 Å². The fourth-order valence-electron chi connectivity index (χ4n) is 1.78. The highest BCUT2D eigenvalue weighted by Crippen LogP contribution is 2.39. The minimum atomic E-state index is -0.847. The van der Waals surface area contributed by atoms with Crippen molar-refractivity contribution in [2.24, 2.45) is 5.92 Å². The molecule has 0 aliphatic carbocycles. The second-order valence-corrected chi connectivity index (χ2v) is 5.72. The van der Waals surface area contributed by atoms with Crippen LogP contribution < -0.4 is 0 Å². The van der Waals surface area contributed by atoms with Crippen LogP contribution >= 0.6 is 0 Å². The molecule has 98 valence electrons. The molecule has 17 heavy (non-hydrogen) atoms. The first-order valence-electron chi connectivity index (χ1n) is 6.46. The summed E-state index contributed by atoms with van der Waals surface area (Å²) >= 11 is 0. The van der Waals surface area contributed by atoms with E-state index in [0.29, 0.717) is 0 Å². The molecule has 0 saturated carbocycles. The van der Waals surface area contributed by atoms with E-state index in [1.807, 2.05) is 27.7 Å². The van der Waals surface area contributed by atoms with Gasteiger partial charge in [-0.15, -0.1) is 0 Å². The molecule has 0 aromatic heterocycles. The van der Waals surface area contributed by atoms with Crippen molar-refractivity contribution in [1.82, 2.24) is 0 Å². The first-order chi connectivity index (χ1) is 7.73. The number of allylic oxidation sites excluding steroid dienone is 1. The Morgan fingerprint density at radius 1 is 1.12 bits per heavy atom. The van der Waals surface area contributed by atoms with Gasteiger partial charge in [0.05, 0.1) is 11.2 Å².